The first-order chi connectivity index (χ1) is 9.26. The topological polar surface area (TPSA) is 32.3 Å². The van der Waals surface area contributed by atoms with Crippen LogP contribution < -0.4 is 5.32 Å². The van der Waals surface area contributed by atoms with Crippen LogP contribution in [-0.4, -0.2) is 23.5 Å². The molecule has 1 aliphatic carbocycles. The number of thioether (sulfide) groups is 1. The van der Waals surface area contributed by atoms with Crippen LogP contribution in [0.25, 0.3) is 0 Å². The molecule has 3 rings (SSSR count). The van der Waals surface area contributed by atoms with Crippen LogP contribution in [0.1, 0.15) is 24.4 Å². The number of nitrogens with one attached hydrogen (secondary N) is 1. The van der Waals surface area contributed by atoms with E-state index in [4.69, 9.17) is 5.11 Å². The Morgan fingerprint density at radius 3 is 3.05 bits per heavy atom. The zero-order valence-corrected chi connectivity index (χ0v) is 11.5. The third kappa shape index (κ3) is 2.86. The van der Waals surface area contributed by atoms with E-state index in [0.717, 1.165) is 24.2 Å². The maximum Gasteiger partial charge on any atom is 0.123 e. The van der Waals surface area contributed by atoms with Crippen LogP contribution in [0, 0.1) is 11.7 Å². The van der Waals surface area contributed by atoms with Crippen LogP contribution in [0.2, 0.25) is 0 Å². The highest BCUT2D eigenvalue weighted by Gasteiger charge is 2.25. The summed E-state index contributed by atoms with van der Waals surface area (Å²) in [6, 6.07) is 5.58. The van der Waals surface area contributed by atoms with Crippen molar-refractivity contribution in [3.05, 3.63) is 41.7 Å². The Bertz CT molecular complexity index is 491. The molecule has 1 aromatic carbocycles. The molecular weight excluding hydrogens is 261 g/mol. The number of benzene rings is 1. The molecule has 2 aliphatic rings. The zero-order valence-electron chi connectivity index (χ0n) is 10.7. The van der Waals surface area contributed by atoms with Gasteiger partial charge in [-0.15, -0.1) is 11.8 Å². The van der Waals surface area contributed by atoms with Gasteiger partial charge in [0, 0.05) is 29.5 Å². The molecule has 1 aliphatic heterocycles. The molecule has 0 spiro atoms. The smallest absolute Gasteiger partial charge is 0.123 e. The lowest BCUT2D eigenvalue weighted by atomic mass is 10.0. The molecule has 102 valence electrons. The summed E-state index contributed by atoms with van der Waals surface area (Å²) in [5.41, 5.74) is 1.08. The Hall–Kier alpha value is -0.840. The molecule has 2 nitrogen and oxygen atoms in total. The summed E-state index contributed by atoms with van der Waals surface area (Å²) in [6.45, 7) is 0.209. The highest BCUT2D eigenvalue weighted by atomic mass is 32.2. The van der Waals surface area contributed by atoms with Crippen molar-refractivity contribution in [3.63, 3.8) is 0 Å². The van der Waals surface area contributed by atoms with E-state index in [1.54, 1.807) is 17.8 Å². The lowest BCUT2D eigenvalue weighted by Crippen LogP contribution is -2.32. The van der Waals surface area contributed by atoms with Crippen molar-refractivity contribution in [1.29, 1.82) is 0 Å². The van der Waals surface area contributed by atoms with Crippen LogP contribution in [0.15, 0.2) is 35.2 Å². The van der Waals surface area contributed by atoms with E-state index in [2.05, 4.69) is 17.5 Å². The fourth-order valence-corrected chi connectivity index (χ4v) is 3.94. The fourth-order valence-electron chi connectivity index (χ4n) is 2.83. The van der Waals surface area contributed by atoms with Gasteiger partial charge < -0.3 is 10.4 Å². The van der Waals surface area contributed by atoms with Gasteiger partial charge in [-0.1, -0.05) is 12.2 Å². The van der Waals surface area contributed by atoms with Crippen LogP contribution in [0.4, 0.5) is 4.39 Å². The average molecular weight is 279 g/mol. The summed E-state index contributed by atoms with van der Waals surface area (Å²) < 4.78 is 13.4. The van der Waals surface area contributed by atoms with Gasteiger partial charge in [-0.2, -0.15) is 0 Å². The molecule has 2 N–H and O–H groups in total. The van der Waals surface area contributed by atoms with Crippen molar-refractivity contribution in [1.82, 2.24) is 5.32 Å². The number of hydrogen-bond acceptors (Lipinski definition) is 3. The van der Waals surface area contributed by atoms with Gasteiger partial charge in [0.2, 0.25) is 0 Å². The molecule has 4 heteroatoms. The number of fused-ring (bicyclic) bond motifs is 1. The number of rotatable bonds is 3. The van der Waals surface area contributed by atoms with E-state index < -0.39 is 0 Å². The molecule has 1 aromatic rings. The molecule has 0 amide bonds. The molecule has 3 atom stereocenters. The zero-order chi connectivity index (χ0) is 13.2. The predicted molar refractivity (Wildman–Crippen MR) is 75.7 cm³/mol. The lowest BCUT2D eigenvalue weighted by molar-refractivity contribution is 0.244. The predicted octanol–water partition coefficient (Wildman–Crippen LogP) is 2.89. The maximum absolute atomic E-state index is 13.4. The fraction of sp³-hybridized carbons (Fsp3) is 0.467. The van der Waals surface area contributed by atoms with Gasteiger partial charge in [0.25, 0.3) is 0 Å². The summed E-state index contributed by atoms with van der Waals surface area (Å²) in [5, 5.41) is 12.7. The highest BCUT2D eigenvalue weighted by molar-refractivity contribution is 7.99. The van der Waals surface area contributed by atoms with Crippen molar-refractivity contribution in [2.45, 2.75) is 29.8 Å². The molecule has 1 heterocycles. The van der Waals surface area contributed by atoms with Crippen molar-refractivity contribution < 1.29 is 9.50 Å². The number of hydrogen-bond donors (Lipinski definition) is 2. The van der Waals surface area contributed by atoms with E-state index >= 15 is 0 Å². The second-order valence-corrected chi connectivity index (χ2v) is 6.35. The minimum atomic E-state index is -0.164. The minimum Gasteiger partial charge on any atom is -0.396 e. The Morgan fingerprint density at radius 1 is 1.37 bits per heavy atom. The first-order valence-corrected chi connectivity index (χ1v) is 7.72. The van der Waals surface area contributed by atoms with Crippen molar-refractivity contribution in [2.75, 3.05) is 12.4 Å². The number of aliphatic hydroxyl groups is 1. The first-order valence-electron chi connectivity index (χ1n) is 6.74. The molecule has 0 saturated carbocycles. The molecular formula is C15H18FNOS. The largest absolute Gasteiger partial charge is 0.396 e. The first kappa shape index (κ1) is 13.2. The van der Waals surface area contributed by atoms with Crippen molar-refractivity contribution in [2.24, 2.45) is 5.92 Å². The maximum atomic E-state index is 13.4. The summed E-state index contributed by atoms with van der Waals surface area (Å²) >= 11 is 1.80. The normalized spacial score (nSPS) is 29.5. The van der Waals surface area contributed by atoms with Crippen molar-refractivity contribution in [3.8, 4) is 0 Å². The van der Waals surface area contributed by atoms with E-state index in [1.807, 2.05) is 6.07 Å². The molecule has 0 bridgehead atoms. The highest BCUT2D eigenvalue weighted by Crippen LogP contribution is 2.37. The van der Waals surface area contributed by atoms with Crippen LogP contribution >= 0.6 is 11.8 Å². The van der Waals surface area contributed by atoms with Crippen LogP contribution in [-0.2, 0) is 0 Å². The Labute approximate surface area is 117 Å². The monoisotopic (exact) mass is 279 g/mol. The van der Waals surface area contributed by atoms with Gasteiger partial charge in [0.05, 0.1) is 0 Å². The molecule has 0 unspecified atom stereocenters. The molecule has 0 saturated heterocycles. The lowest BCUT2D eigenvalue weighted by Gasteiger charge is -2.28. The Kier molecular flexibility index (Phi) is 3.91. The summed E-state index contributed by atoms with van der Waals surface area (Å²) in [7, 11) is 0. The summed E-state index contributed by atoms with van der Waals surface area (Å²) in [6.07, 6.45) is 6.16. The minimum absolute atomic E-state index is 0.164. The van der Waals surface area contributed by atoms with E-state index in [1.165, 1.54) is 11.0 Å². The molecule has 19 heavy (non-hydrogen) atoms. The van der Waals surface area contributed by atoms with E-state index in [9.17, 15) is 4.39 Å². The van der Waals surface area contributed by atoms with Gasteiger partial charge >= 0.3 is 0 Å². The second-order valence-electron chi connectivity index (χ2n) is 5.21. The van der Waals surface area contributed by atoms with Gasteiger partial charge in [0.1, 0.15) is 5.82 Å². The Morgan fingerprint density at radius 2 is 2.26 bits per heavy atom. The van der Waals surface area contributed by atoms with Gasteiger partial charge in [-0.05, 0) is 42.4 Å². The SMILES string of the molecule is OC[C@H]1C=C[C@@H](N[C@H]2CCSc3ccc(F)cc32)C1. The van der Waals surface area contributed by atoms with E-state index in [-0.39, 0.29) is 24.4 Å². The van der Waals surface area contributed by atoms with Gasteiger partial charge in [-0.3, -0.25) is 0 Å². The number of aliphatic hydroxyl groups excluding tert-OH is 1. The summed E-state index contributed by atoms with van der Waals surface area (Å²) in [4.78, 5) is 1.19. The average Bonchev–Trinajstić information content (AvgIpc) is 2.87. The number of halogens is 1. The second kappa shape index (κ2) is 5.65. The van der Waals surface area contributed by atoms with Gasteiger partial charge in [-0.25, -0.2) is 4.39 Å². The van der Waals surface area contributed by atoms with Gasteiger partial charge in [0.15, 0.2) is 0 Å². The van der Waals surface area contributed by atoms with Crippen molar-refractivity contribution >= 4 is 11.8 Å². The molecule has 0 aromatic heterocycles. The Balaban J connectivity index is 1.73. The van der Waals surface area contributed by atoms with E-state index in [0.29, 0.717) is 6.04 Å². The standard InChI is InChI=1S/C15H18FNOS/c16-11-2-4-15-13(8-11)14(5-6-19-15)17-12-3-1-10(7-12)9-18/h1-4,8,10,12,14,17-18H,5-7,9H2/t10-,12+,14-/m0/s1. The van der Waals surface area contributed by atoms with Crippen LogP contribution in [0.5, 0.6) is 0 Å². The summed E-state index contributed by atoms with van der Waals surface area (Å²) in [5.74, 6) is 1.17. The molecule has 0 fully saturated rings. The third-order valence-corrected chi connectivity index (χ3v) is 4.96. The van der Waals surface area contributed by atoms with Crippen LogP contribution in [0.3, 0.4) is 0 Å². The third-order valence-electron chi connectivity index (χ3n) is 3.83. The molecule has 0 radical (unpaired) electrons. The quantitative estimate of drug-likeness (QED) is 0.835.